The average Bonchev–Trinajstić information content (AvgIpc) is 3.39. The zero-order chi connectivity index (χ0) is 23.9. The van der Waals surface area contributed by atoms with Crippen LogP contribution in [0.4, 0.5) is 5.69 Å². The number of rotatable bonds is 9. The van der Waals surface area contributed by atoms with E-state index in [4.69, 9.17) is 9.47 Å². The van der Waals surface area contributed by atoms with E-state index in [1.807, 2.05) is 54.6 Å². The van der Waals surface area contributed by atoms with Gasteiger partial charge in [0.15, 0.2) is 6.29 Å². The molecule has 1 aliphatic carbocycles. The first kappa shape index (κ1) is 24.6. The van der Waals surface area contributed by atoms with Crippen LogP contribution in [0.1, 0.15) is 68.1 Å². The first-order valence-corrected chi connectivity index (χ1v) is 12.3. The minimum Gasteiger partial charge on any atom is -0.392 e. The molecule has 34 heavy (non-hydrogen) atoms. The van der Waals surface area contributed by atoms with Crippen LogP contribution in [-0.4, -0.2) is 41.1 Å². The van der Waals surface area contributed by atoms with Crippen molar-refractivity contribution in [2.75, 3.05) is 18.4 Å². The fourth-order valence-electron chi connectivity index (χ4n) is 5.03. The summed E-state index contributed by atoms with van der Waals surface area (Å²) in [6, 6.07) is 16.2. The van der Waals surface area contributed by atoms with Crippen molar-refractivity contribution >= 4 is 11.6 Å². The van der Waals surface area contributed by atoms with Crippen LogP contribution < -0.4 is 5.32 Å². The number of hydrogen-bond acceptors (Lipinski definition) is 5. The second-order valence-corrected chi connectivity index (χ2v) is 9.33. The fourth-order valence-corrected chi connectivity index (χ4v) is 5.03. The van der Waals surface area contributed by atoms with Gasteiger partial charge in [-0.2, -0.15) is 0 Å². The van der Waals surface area contributed by atoms with Gasteiger partial charge in [0.2, 0.25) is 5.91 Å². The summed E-state index contributed by atoms with van der Waals surface area (Å²) < 4.78 is 12.9. The second-order valence-electron chi connectivity index (χ2n) is 9.33. The lowest BCUT2D eigenvalue weighted by molar-refractivity contribution is -0.253. The Morgan fingerprint density at radius 1 is 1.09 bits per heavy atom. The average molecular weight is 465 g/mol. The highest BCUT2D eigenvalue weighted by Crippen LogP contribution is 2.39. The molecule has 6 nitrogen and oxygen atoms in total. The van der Waals surface area contributed by atoms with Crippen LogP contribution in [0, 0.1) is 0 Å². The summed E-state index contributed by atoms with van der Waals surface area (Å²) in [5, 5.41) is 12.2. The molecule has 6 heteroatoms. The van der Waals surface area contributed by atoms with Gasteiger partial charge in [-0.05, 0) is 36.1 Å². The molecule has 4 rings (SSSR count). The molecular formula is C28H36N2O4. The molecule has 2 aromatic rings. The first-order valence-electron chi connectivity index (χ1n) is 12.3. The number of anilines is 1. The third-order valence-electron chi connectivity index (χ3n) is 6.76. The molecule has 2 fully saturated rings. The predicted molar refractivity (Wildman–Crippen MR) is 133 cm³/mol. The quantitative estimate of drug-likeness (QED) is 0.505. The van der Waals surface area contributed by atoms with Gasteiger partial charge in [-0.3, -0.25) is 9.69 Å². The van der Waals surface area contributed by atoms with Gasteiger partial charge in [0, 0.05) is 43.7 Å². The maximum Gasteiger partial charge on any atom is 0.221 e. The molecule has 1 heterocycles. The highest BCUT2D eigenvalue weighted by molar-refractivity contribution is 5.88. The van der Waals surface area contributed by atoms with Crippen molar-refractivity contribution in [1.29, 1.82) is 0 Å². The molecule has 1 saturated carbocycles. The molecule has 0 spiro atoms. The molecule has 182 valence electrons. The van der Waals surface area contributed by atoms with Crippen LogP contribution in [0.3, 0.4) is 0 Å². The van der Waals surface area contributed by atoms with E-state index in [0.29, 0.717) is 6.04 Å². The summed E-state index contributed by atoms with van der Waals surface area (Å²) in [6.45, 7) is 7.20. The summed E-state index contributed by atoms with van der Waals surface area (Å²) in [4.78, 5) is 13.9. The number of amides is 1. The fraction of sp³-hybridized carbons (Fsp3) is 0.464. The van der Waals surface area contributed by atoms with Gasteiger partial charge in [-0.15, -0.1) is 6.58 Å². The van der Waals surface area contributed by atoms with Gasteiger partial charge in [-0.25, -0.2) is 0 Å². The van der Waals surface area contributed by atoms with E-state index in [2.05, 4.69) is 16.8 Å². The van der Waals surface area contributed by atoms with Crippen molar-refractivity contribution < 1.29 is 19.4 Å². The van der Waals surface area contributed by atoms with E-state index >= 15 is 0 Å². The van der Waals surface area contributed by atoms with E-state index in [1.165, 1.54) is 32.6 Å². The van der Waals surface area contributed by atoms with Crippen LogP contribution in [-0.2, 0) is 20.9 Å². The predicted octanol–water partition coefficient (Wildman–Crippen LogP) is 5.11. The van der Waals surface area contributed by atoms with E-state index in [9.17, 15) is 9.90 Å². The van der Waals surface area contributed by atoms with Crippen molar-refractivity contribution in [3.63, 3.8) is 0 Å². The molecule has 0 bridgehead atoms. The Kier molecular flexibility index (Phi) is 8.51. The van der Waals surface area contributed by atoms with Crippen LogP contribution in [0.5, 0.6) is 0 Å². The van der Waals surface area contributed by atoms with Gasteiger partial charge < -0.3 is 19.9 Å². The van der Waals surface area contributed by atoms with Crippen molar-refractivity contribution in [2.24, 2.45) is 0 Å². The van der Waals surface area contributed by atoms with Crippen molar-refractivity contribution in [2.45, 2.75) is 70.2 Å². The minimum atomic E-state index is -0.498. The molecular weight excluding hydrogens is 428 g/mol. The van der Waals surface area contributed by atoms with E-state index < -0.39 is 6.29 Å². The molecule has 1 aliphatic heterocycles. The Bertz CT molecular complexity index is 938. The number of aliphatic hydroxyl groups is 1. The number of carbonyl (C=O) groups is 1. The summed E-state index contributed by atoms with van der Waals surface area (Å²) in [6.07, 6.45) is 7.19. The summed E-state index contributed by atoms with van der Waals surface area (Å²) >= 11 is 0. The molecule has 0 unspecified atom stereocenters. The van der Waals surface area contributed by atoms with E-state index in [-0.39, 0.29) is 24.7 Å². The third kappa shape index (κ3) is 6.33. The summed E-state index contributed by atoms with van der Waals surface area (Å²) in [5.74, 6) is -0.0985. The van der Waals surface area contributed by atoms with Gasteiger partial charge >= 0.3 is 0 Å². The molecule has 0 aromatic heterocycles. The molecule has 0 radical (unpaired) electrons. The molecule has 1 saturated heterocycles. The maximum atomic E-state index is 11.4. The maximum absolute atomic E-state index is 11.4. The van der Waals surface area contributed by atoms with Gasteiger partial charge in [0.1, 0.15) is 0 Å². The normalized spacial score (nSPS) is 23.2. The molecule has 2 aliphatic rings. The highest BCUT2D eigenvalue weighted by Gasteiger charge is 2.34. The van der Waals surface area contributed by atoms with Crippen LogP contribution in [0.15, 0.2) is 61.2 Å². The smallest absolute Gasteiger partial charge is 0.221 e. The number of nitrogens with zero attached hydrogens (tertiary/aromatic N) is 1. The first-order chi connectivity index (χ1) is 16.6. The van der Waals surface area contributed by atoms with Crippen molar-refractivity contribution in [3.05, 3.63) is 77.9 Å². The minimum absolute atomic E-state index is 0.0110. The lowest BCUT2D eigenvalue weighted by Crippen LogP contribution is -2.43. The summed E-state index contributed by atoms with van der Waals surface area (Å²) in [5.41, 5.74) is 3.64. The van der Waals surface area contributed by atoms with Crippen LogP contribution >= 0.6 is 0 Å². The van der Waals surface area contributed by atoms with E-state index in [1.54, 1.807) is 0 Å². The second kappa shape index (κ2) is 11.8. The molecule has 3 atom stereocenters. The Hall–Kier alpha value is -2.51. The standard InChI is InChI=1S/C28H36N2O4/c1-3-16-30(25-6-4-5-7-25)18-26-17-27(22-10-8-21(19-31)9-11-22)34-28(33-26)23-12-14-24(15-13-23)29-20(2)32/h3,8-15,25-28,31H,1,4-7,16-19H2,2H3,(H,29,32)/t26-,27+,28+/m0/s1. The number of ether oxygens (including phenoxy) is 2. The Morgan fingerprint density at radius 2 is 1.76 bits per heavy atom. The number of carbonyl (C=O) groups excluding carboxylic acids is 1. The number of nitrogens with one attached hydrogen (secondary N) is 1. The van der Waals surface area contributed by atoms with Gasteiger partial charge in [0.05, 0.1) is 18.8 Å². The zero-order valence-electron chi connectivity index (χ0n) is 20.0. The lowest BCUT2D eigenvalue weighted by atomic mass is 9.99. The highest BCUT2D eigenvalue weighted by atomic mass is 16.7. The molecule has 2 aromatic carbocycles. The van der Waals surface area contributed by atoms with Crippen molar-refractivity contribution in [1.82, 2.24) is 4.90 Å². The van der Waals surface area contributed by atoms with Gasteiger partial charge in [-0.1, -0.05) is 55.3 Å². The van der Waals surface area contributed by atoms with Crippen LogP contribution in [0.2, 0.25) is 0 Å². The van der Waals surface area contributed by atoms with Crippen LogP contribution in [0.25, 0.3) is 0 Å². The topological polar surface area (TPSA) is 71.0 Å². The zero-order valence-corrected chi connectivity index (χ0v) is 20.0. The summed E-state index contributed by atoms with van der Waals surface area (Å²) in [7, 11) is 0. The Balaban J connectivity index is 1.54. The number of benzene rings is 2. The third-order valence-corrected chi connectivity index (χ3v) is 6.76. The Morgan fingerprint density at radius 3 is 2.38 bits per heavy atom. The SMILES string of the molecule is C=CCN(C[C@@H]1C[C@H](c2ccc(CO)cc2)O[C@H](c2ccc(NC(C)=O)cc2)O1)C1CCCC1. The largest absolute Gasteiger partial charge is 0.392 e. The monoisotopic (exact) mass is 464 g/mol. The van der Waals surface area contributed by atoms with E-state index in [0.717, 1.165) is 41.9 Å². The number of aliphatic hydroxyl groups excluding tert-OH is 1. The van der Waals surface area contributed by atoms with Gasteiger partial charge in [0.25, 0.3) is 0 Å². The Labute approximate surface area is 202 Å². The van der Waals surface area contributed by atoms with Crippen molar-refractivity contribution in [3.8, 4) is 0 Å². The molecule has 2 N–H and O–H groups in total. The lowest BCUT2D eigenvalue weighted by Gasteiger charge is -2.39. The molecule has 1 amide bonds. The number of hydrogen-bond donors (Lipinski definition) is 2.